The van der Waals surface area contributed by atoms with Gasteiger partial charge in [0.05, 0.1) is 0 Å². The highest BCUT2D eigenvalue weighted by Gasteiger charge is 2.36. The summed E-state index contributed by atoms with van der Waals surface area (Å²) in [5.41, 5.74) is 0. The molecular formula is C34H64N6. The second-order valence-corrected chi connectivity index (χ2v) is 15.5. The zero-order valence-electron chi connectivity index (χ0n) is 26.1. The number of piperidine rings is 6. The lowest BCUT2D eigenvalue weighted by atomic mass is 9.80. The minimum atomic E-state index is 0.686. The van der Waals surface area contributed by atoms with Gasteiger partial charge >= 0.3 is 0 Å². The Kier molecular flexibility index (Phi) is 10.8. The largest absolute Gasteiger partial charge is 0.312 e. The predicted molar refractivity (Wildman–Crippen MR) is 168 cm³/mol. The summed E-state index contributed by atoms with van der Waals surface area (Å²) >= 11 is 0. The quantitative estimate of drug-likeness (QED) is 0.281. The van der Waals surface area contributed by atoms with E-state index in [1.54, 1.807) is 0 Å². The lowest BCUT2D eigenvalue weighted by Gasteiger charge is -2.44. The molecule has 6 aliphatic rings. The zero-order chi connectivity index (χ0) is 27.3. The molecule has 230 valence electrons. The van der Waals surface area contributed by atoms with E-state index >= 15 is 0 Å². The Balaban J connectivity index is 0.864. The number of nitrogens with one attached hydrogen (secondary N) is 6. The maximum absolute atomic E-state index is 4.12. The Morgan fingerprint density at radius 3 is 1.02 bits per heavy atom. The van der Waals surface area contributed by atoms with Crippen LogP contribution in [0, 0.1) is 23.7 Å². The minimum Gasteiger partial charge on any atom is -0.312 e. The summed E-state index contributed by atoms with van der Waals surface area (Å²) in [5, 5.41) is 24.0. The first-order valence-corrected chi connectivity index (χ1v) is 18.1. The molecule has 6 N–H and O–H groups in total. The van der Waals surface area contributed by atoms with E-state index in [9.17, 15) is 0 Å². The van der Waals surface area contributed by atoms with Gasteiger partial charge in [-0.25, -0.2) is 0 Å². The minimum absolute atomic E-state index is 0.686. The van der Waals surface area contributed by atoms with Gasteiger partial charge in [-0.05, 0) is 140 Å². The van der Waals surface area contributed by atoms with E-state index in [2.05, 4.69) is 45.7 Å². The van der Waals surface area contributed by atoms with Crippen molar-refractivity contribution in [3.8, 4) is 0 Å². The lowest BCUT2D eigenvalue weighted by molar-refractivity contribution is 0.161. The van der Waals surface area contributed by atoms with E-state index in [1.807, 2.05) is 0 Å². The highest BCUT2D eigenvalue weighted by Crippen LogP contribution is 2.31. The molecule has 6 aliphatic heterocycles. The van der Waals surface area contributed by atoms with E-state index in [0.29, 0.717) is 48.3 Å². The van der Waals surface area contributed by atoms with Gasteiger partial charge in [0.1, 0.15) is 0 Å². The molecule has 0 spiro atoms. The van der Waals surface area contributed by atoms with Crippen LogP contribution in [-0.4, -0.2) is 74.5 Å². The van der Waals surface area contributed by atoms with Gasteiger partial charge in [0.25, 0.3) is 0 Å². The van der Waals surface area contributed by atoms with E-state index in [-0.39, 0.29) is 0 Å². The van der Waals surface area contributed by atoms with Gasteiger partial charge in [-0.2, -0.15) is 0 Å². The van der Waals surface area contributed by atoms with Crippen LogP contribution in [0.3, 0.4) is 0 Å². The Labute approximate surface area is 246 Å². The summed E-state index contributed by atoms with van der Waals surface area (Å²) in [4.78, 5) is 0. The summed E-state index contributed by atoms with van der Waals surface area (Å²) in [6.07, 6.45) is 22.3. The molecule has 6 heteroatoms. The van der Waals surface area contributed by atoms with Gasteiger partial charge in [-0.3, -0.25) is 0 Å². The molecule has 12 unspecified atom stereocenters. The second-order valence-electron chi connectivity index (χ2n) is 15.5. The van der Waals surface area contributed by atoms with E-state index in [0.717, 1.165) is 23.7 Å². The van der Waals surface area contributed by atoms with Crippen molar-refractivity contribution in [3.63, 3.8) is 0 Å². The summed E-state index contributed by atoms with van der Waals surface area (Å²) in [6, 6.07) is 5.54. The predicted octanol–water partition coefficient (Wildman–Crippen LogP) is 4.30. The Bertz CT molecular complexity index is 669. The summed E-state index contributed by atoms with van der Waals surface area (Å²) in [7, 11) is 0. The van der Waals surface area contributed by atoms with Crippen molar-refractivity contribution in [3.05, 3.63) is 0 Å². The molecule has 0 radical (unpaired) electrons. The standard InChI is InChI=1S/C34H64N6/c1-23-9-15-27(35-19-23)31-5-3-7-33(39-31)29-17-13-25(21-37-29)11-12-26-14-18-30(38-22-26)34-8-4-6-32(40-34)28-16-10-24(2)20-36-28/h23-40H,3-22H2,1-2H3. The molecule has 6 saturated heterocycles. The molecule has 0 aromatic rings. The average molecular weight is 557 g/mol. The molecular weight excluding hydrogens is 492 g/mol. The monoisotopic (exact) mass is 557 g/mol. The third-order valence-electron chi connectivity index (χ3n) is 12.4. The van der Waals surface area contributed by atoms with Crippen LogP contribution in [0.1, 0.15) is 117 Å². The molecule has 40 heavy (non-hydrogen) atoms. The first kappa shape index (κ1) is 29.8. The van der Waals surface area contributed by atoms with Gasteiger partial charge in [0.2, 0.25) is 0 Å². The van der Waals surface area contributed by atoms with Crippen molar-refractivity contribution in [1.82, 2.24) is 31.9 Å². The first-order chi connectivity index (χ1) is 19.6. The fourth-order valence-electron chi connectivity index (χ4n) is 9.52. The second kappa shape index (κ2) is 14.5. The molecule has 0 aromatic carbocycles. The molecule has 6 rings (SSSR count). The topological polar surface area (TPSA) is 72.2 Å². The number of hydrogen-bond acceptors (Lipinski definition) is 6. The Hall–Kier alpha value is -0.240. The van der Waals surface area contributed by atoms with Gasteiger partial charge in [0.15, 0.2) is 0 Å². The van der Waals surface area contributed by atoms with Crippen LogP contribution in [0.4, 0.5) is 0 Å². The lowest BCUT2D eigenvalue weighted by Crippen LogP contribution is -2.61. The Morgan fingerprint density at radius 2 is 0.725 bits per heavy atom. The summed E-state index contributed by atoms with van der Waals surface area (Å²) < 4.78 is 0. The number of rotatable bonds is 7. The van der Waals surface area contributed by atoms with Crippen molar-refractivity contribution in [2.24, 2.45) is 23.7 Å². The molecule has 0 aliphatic carbocycles. The van der Waals surface area contributed by atoms with Crippen LogP contribution in [0.25, 0.3) is 0 Å². The molecule has 6 heterocycles. The third-order valence-corrected chi connectivity index (χ3v) is 12.4. The van der Waals surface area contributed by atoms with Gasteiger partial charge in [0, 0.05) is 48.3 Å². The van der Waals surface area contributed by atoms with Crippen molar-refractivity contribution in [1.29, 1.82) is 0 Å². The van der Waals surface area contributed by atoms with Crippen LogP contribution in [0.15, 0.2) is 0 Å². The van der Waals surface area contributed by atoms with E-state index < -0.39 is 0 Å². The zero-order valence-corrected chi connectivity index (χ0v) is 26.1. The van der Waals surface area contributed by atoms with Crippen LogP contribution in [0.2, 0.25) is 0 Å². The van der Waals surface area contributed by atoms with Crippen LogP contribution in [0.5, 0.6) is 0 Å². The third kappa shape index (κ3) is 7.82. The van der Waals surface area contributed by atoms with E-state index in [1.165, 1.54) is 129 Å². The summed E-state index contributed by atoms with van der Waals surface area (Å²) in [5.74, 6) is 3.49. The normalized spacial score (nSPS) is 47.5. The average Bonchev–Trinajstić information content (AvgIpc) is 3.01. The fraction of sp³-hybridized carbons (Fsp3) is 1.00. The molecule has 0 amide bonds. The van der Waals surface area contributed by atoms with Crippen molar-refractivity contribution >= 4 is 0 Å². The molecule has 6 fully saturated rings. The highest BCUT2D eigenvalue weighted by atomic mass is 15.1. The molecule has 6 nitrogen and oxygen atoms in total. The molecule has 0 bridgehead atoms. The maximum Gasteiger partial charge on any atom is 0.0224 e. The molecule has 0 aromatic heterocycles. The van der Waals surface area contributed by atoms with Crippen LogP contribution >= 0.6 is 0 Å². The van der Waals surface area contributed by atoms with Gasteiger partial charge < -0.3 is 31.9 Å². The first-order valence-electron chi connectivity index (χ1n) is 18.1. The van der Waals surface area contributed by atoms with E-state index in [4.69, 9.17) is 0 Å². The van der Waals surface area contributed by atoms with Crippen LogP contribution < -0.4 is 31.9 Å². The highest BCUT2D eigenvalue weighted by molar-refractivity contribution is 4.98. The van der Waals surface area contributed by atoms with Gasteiger partial charge in [-0.15, -0.1) is 0 Å². The smallest absolute Gasteiger partial charge is 0.0224 e. The van der Waals surface area contributed by atoms with Gasteiger partial charge in [-0.1, -0.05) is 26.7 Å². The van der Waals surface area contributed by atoms with Crippen molar-refractivity contribution in [2.75, 3.05) is 26.2 Å². The Morgan fingerprint density at radius 1 is 0.375 bits per heavy atom. The molecule has 0 saturated carbocycles. The maximum atomic E-state index is 4.12. The fourth-order valence-corrected chi connectivity index (χ4v) is 9.52. The summed E-state index contributed by atoms with van der Waals surface area (Å²) in [6.45, 7) is 9.70. The number of hydrogen-bond donors (Lipinski definition) is 6. The SMILES string of the molecule is CC1CCC(C2CCCC(C3CCC(CCC4CCC(C5CCCC(C6CCC(C)CN6)N5)NC4)CN3)N2)NC1. The van der Waals surface area contributed by atoms with Crippen LogP contribution in [-0.2, 0) is 0 Å². The van der Waals surface area contributed by atoms with Crippen molar-refractivity contribution in [2.45, 2.75) is 165 Å². The van der Waals surface area contributed by atoms with Crippen molar-refractivity contribution < 1.29 is 0 Å². The molecule has 12 atom stereocenters.